The number of carbonyl (C=O) groups is 1. The lowest BCUT2D eigenvalue weighted by atomic mass is 9.96. The largest absolute Gasteiger partial charge is 0.484 e. The summed E-state index contributed by atoms with van der Waals surface area (Å²) in [5.74, 6) is 1.16. The minimum atomic E-state index is -3.51. The van der Waals surface area contributed by atoms with Crippen molar-refractivity contribution in [3.8, 4) is 5.75 Å². The third-order valence-electron chi connectivity index (χ3n) is 5.56. The quantitative estimate of drug-likeness (QED) is 0.805. The van der Waals surface area contributed by atoms with Gasteiger partial charge in [0.1, 0.15) is 5.75 Å². The van der Waals surface area contributed by atoms with Gasteiger partial charge < -0.3 is 9.64 Å². The van der Waals surface area contributed by atoms with Gasteiger partial charge in [-0.1, -0.05) is 26.2 Å². The first kappa shape index (κ1) is 20.1. The summed E-state index contributed by atoms with van der Waals surface area (Å²) < 4.78 is 33.4. The van der Waals surface area contributed by atoms with Crippen molar-refractivity contribution in [1.82, 2.24) is 9.62 Å². The summed E-state index contributed by atoms with van der Waals surface area (Å²) in [6.45, 7) is 3.76. The molecule has 1 aliphatic heterocycles. The van der Waals surface area contributed by atoms with E-state index >= 15 is 0 Å². The number of sulfonamides is 1. The Hall–Kier alpha value is -1.60. The molecule has 7 heteroatoms. The first-order valence-corrected chi connectivity index (χ1v) is 11.5. The van der Waals surface area contributed by atoms with Gasteiger partial charge in [0.05, 0.1) is 4.90 Å². The van der Waals surface area contributed by atoms with Gasteiger partial charge in [-0.3, -0.25) is 4.79 Å². The maximum atomic E-state index is 12.5. The lowest BCUT2D eigenvalue weighted by Crippen LogP contribution is -2.40. The molecule has 3 rings (SSSR count). The molecule has 1 heterocycles. The van der Waals surface area contributed by atoms with Crippen molar-refractivity contribution in [1.29, 1.82) is 0 Å². The Morgan fingerprint density at radius 3 is 2.33 bits per heavy atom. The van der Waals surface area contributed by atoms with Gasteiger partial charge in [0.2, 0.25) is 10.0 Å². The second-order valence-electron chi connectivity index (χ2n) is 7.78. The maximum Gasteiger partial charge on any atom is 0.260 e. The van der Waals surface area contributed by atoms with Gasteiger partial charge in [0, 0.05) is 19.1 Å². The molecule has 6 nitrogen and oxygen atoms in total. The zero-order valence-corrected chi connectivity index (χ0v) is 16.8. The molecule has 2 fully saturated rings. The summed E-state index contributed by atoms with van der Waals surface area (Å²) in [4.78, 5) is 14.3. The van der Waals surface area contributed by atoms with Crippen molar-refractivity contribution in [2.45, 2.75) is 62.8 Å². The summed E-state index contributed by atoms with van der Waals surface area (Å²) in [6.07, 6.45) is 7.20. The Balaban J connectivity index is 1.51. The Morgan fingerprint density at radius 2 is 1.70 bits per heavy atom. The highest BCUT2D eigenvalue weighted by Gasteiger charge is 2.22. The van der Waals surface area contributed by atoms with Crippen molar-refractivity contribution >= 4 is 15.9 Å². The third-order valence-corrected chi connectivity index (χ3v) is 7.10. The molecule has 1 saturated carbocycles. The Bertz CT molecular complexity index is 719. The molecule has 1 amide bonds. The van der Waals surface area contributed by atoms with Crippen LogP contribution >= 0.6 is 0 Å². The summed E-state index contributed by atoms with van der Waals surface area (Å²) in [5.41, 5.74) is 0. The van der Waals surface area contributed by atoms with Crippen LogP contribution in [0, 0.1) is 5.92 Å². The van der Waals surface area contributed by atoms with Crippen LogP contribution in [0.4, 0.5) is 0 Å². The molecule has 1 N–H and O–H groups in total. The smallest absolute Gasteiger partial charge is 0.260 e. The Kier molecular flexibility index (Phi) is 6.76. The normalized spacial score (nSPS) is 19.8. The molecule has 150 valence electrons. The van der Waals surface area contributed by atoms with Crippen LogP contribution in [0.25, 0.3) is 0 Å². The Labute approximate surface area is 162 Å². The zero-order valence-electron chi connectivity index (χ0n) is 16.0. The molecule has 27 heavy (non-hydrogen) atoms. The van der Waals surface area contributed by atoms with E-state index in [1.807, 2.05) is 4.90 Å². The molecule has 0 bridgehead atoms. The van der Waals surface area contributed by atoms with E-state index in [2.05, 4.69) is 11.6 Å². The van der Waals surface area contributed by atoms with Crippen LogP contribution in [-0.4, -0.2) is 45.0 Å². The molecular weight excluding hydrogens is 364 g/mol. The van der Waals surface area contributed by atoms with Crippen molar-refractivity contribution < 1.29 is 17.9 Å². The van der Waals surface area contributed by atoms with E-state index in [0.717, 1.165) is 51.6 Å². The van der Waals surface area contributed by atoms with E-state index in [0.29, 0.717) is 11.7 Å². The van der Waals surface area contributed by atoms with Crippen LogP contribution < -0.4 is 9.46 Å². The summed E-state index contributed by atoms with van der Waals surface area (Å²) in [5, 5.41) is 0. The predicted molar refractivity (Wildman–Crippen MR) is 104 cm³/mol. The van der Waals surface area contributed by atoms with Crippen molar-refractivity contribution in [3.05, 3.63) is 24.3 Å². The molecule has 1 aromatic carbocycles. The first-order chi connectivity index (χ1) is 12.9. The highest BCUT2D eigenvalue weighted by molar-refractivity contribution is 7.89. The van der Waals surface area contributed by atoms with E-state index < -0.39 is 10.0 Å². The lowest BCUT2D eigenvalue weighted by Gasteiger charge is -2.30. The van der Waals surface area contributed by atoms with E-state index in [1.165, 1.54) is 18.6 Å². The van der Waals surface area contributed by atoms with Gasteiger partial charge in [-0.2, -0.15) is 0 Å². The van der Waals surface area contributed by atoms with Crippen molar-refractivity contribution in [2.24, 2.45) is 5.92 Å². The molecule has 0 unspecified atom stereocenters. The monoisotopic (exact) mass is 394 g/mol. The van der Waals surface area contributed by atoms with Crippen LogP contribution in [0.2, 0.25) is 0 Å². The lowest BCUT2D eigenvalue weighted by molar-refractivity contribution is -0.134. The molecule has 1 aromatic rings. The van der Waals surface area contributed by atoms with Gasteiger partial charge in [-0.15, -0.1) is 0 Å². The van der Waals surface area contributed by atoms with Crippen LogP contribution in [0.15, 0.2) is 29.2 Å². The fraction of sp³-hybridized carbons (Fsp3) is 0.650. The molecule has 1 saturated heterocycles. The van der Waals surface area contributed by atoms with Crippen LogP contribution in [0.5, 0.6) is 5.75 Å². The summed E-state index contributed by atoms with van der Waals surface area (Å²) in [7, 11) is -3.51. The number of piperidine rings is 1. The van der Waals surface area contributed by atoms with Gasteiger partial charge in [0.15, 0.2) is 6.61 Å². The number of hydrogen-bond acceptors (Lipinski definition) is 4. The summed E-state index contributed by atoms with van der Waals surface area (Å²) in [6, 6.07) is 6.33. The number of benzene rings is 1. The number of nitrogens with one attached hydrogen (secondary N) is 1. The molecule has 1 aliphatic carbocycles. The van der Waals surface area contributed by atoms with Crippen molar-refractivity contribution in [2.75, 3.05) is 19.7 Å². The number of nitrogens with zero attached hydrogens (tertiary/aromatic N) is 1. The van der Waals surface area contributed by atoms with Crippen LogP contribution in [0.3, 0.4) is 0 Å². The van der Waals surface area contributed by atoms with Crippen LogP contribution in [0.1, 0.15) is 51.9 Å². The minimum Gasteiger partial charge on any atom is -0.484 e. The number of hydrogen-bond donors (Lipinski definition) is 1. The molecule has 2 aliphatic rings. The second-order valence-corrected chi connectivity index (χ2v) is 9.49. The second kappa shape index (κ2) is 9.06. The molecule has 0 aromatic heterocycles. The van der Waals surface area contributed by atoms with E-state index in [-0.39, 0.29) is 23.5 Å². The van der Waals surface area contributed by atoms with Gasteiger partial charge in [-0.05, 0) is 55.9 Å². The highest BCUT2D eigenvalue weighted by Crippen LogP contribution is 2.21. The number of amides is 1. The fourth-order valence-corrected chi connectivity index (χ4v) is 5.02. The van der Waals surface area contributed by atoms with Crippen LogP contribution in [-0.2, 0) is 14.8 Å². The molecule has 0 radical (unpaired) electrons. The van der Waals surface area contributed by atoms with Crippen molar-refractivity contribution in [3.63, 3.8) is 0 Å². The minimum absolute atomic E-state index is 0.0131. The number of carbonyl (C=O) groups excluding carboxylic acids is 1. The van der Waals surface area contributed by atoms with E-state index in [1.54, 1.807) is 12.1 Å². The first-order valence-electron chi connectivity index (χ1n) is 9.97. The molecule has 0 atom stereocenters. The average Bonchev–Trinajstić information content (AvgIpc) is 2.67. The third kappa shape index (κ3) is 5.69. The number of rotatable bonds is 6. The van der Waals surface area contributed by atoms with Gasteiger partial charge >= 0.3 is 0 Å². The SMILES string of the molecule is CC1CCN(C(=O)COc2ccc(S(=O)(=O)NC3CCCCC3)cc2)CC1. The average molecular weight is 395 g/mol. The number of likely N-dealkylation sites (tertiary alicyclic amines) is 1. The number of ether oxygens (including phenoxy) is 1. The van der Waals surface area contributed by atoms with Gasteiger partial charge in [0.25, 0.3) is 5.91 Å². The molecular formula is C20H30N2O4S. The van der Waals surface area contributed by atoms with Gasteiger partial charge in [-0.25, -0.2) is 13.1 Å². The van der Waals surface area contributed by atoms with E-state index in [4.69, 9.17) is 4.74 Å². The molecule has 0 spiro atoms. The van der Waals surface area contributed by atoms with E-state index in [9.17, 15) is 13.2 Å². The maximum absolute atomic E-state index is 12.5. The highest BCUT2D eigenvalue weighted by atomic mass is 32.2. The standard InChI is InChI=1S/C20H30N2O4S/c1-16-11-13-22(14-12-16)20(23)15-26-18-7-9-19(10-8-18)27(24,25)21-17-5-3-2-4-6-17/h7-10,16-17,21H,2-6,11-15H2,1H3. The Morgan fingerprint density at radius 1 is 1.07 bits per heavy atom. The fourth-order valence-electron chi connectivity index (χ4n) is 3.72. The predicted octanol–water partition coefficient (Wildman–Crippen LogP) is 2.93. The topological polar surface area (TPSA) is 75.7 Å². The summed E-state index contributed by atoms with van der Waals surface area (Å²) >= 11 is 0. The zero-order chi connectivity index (χ0) is 19.3.